The second-order valence-corrected chi connectivity index (χ2v) is 9.64. The van der Waals surface area contributed by atoms with Crippen molar-refractivity contribution in [3.05, 3.63) is 0 Å². The Balaban J connectivity index is 1.33. The minimum absolute atomic E-state index is 0.774. The average Bonchev–Trinajstić information content (AvgIpc) is 2.67. The van der Waals surface area contributed by atoms with Crippen LogP contribution in [0.4, 0.5) is 0 Å². The Hall–Kier alpha value is -0.0400. The van der Waals surface area contributed by atoms with E-state index >= 15 is 0 Å². The van der Waals surface area contributed by atoms with E-state index in [0.717, 1.165) is 35.1 Å². The van der Waals surface area contributed by atoms with E-state index in [0.29, 0.717) is 0 Å². The molecule has 0 radical (unpaired) electrons. The molecular formula is C20H33N. The quantitative estimate of drug-likeness (QED) is 0.701. The zero-order valence-electron chi connectivity index (χ0n) is 13.7. The lowest BCUT2D eigenvalue weighted by atomic mass is 9.49. The normalized spacial score (nSPS) is 52.9. The van der Waals surface area contributed by atoms with E-state index in [-0.39, 0.29) is 0 Å². The van der Waals surface area contributed by atoms with Crippen LogP contribution >= 0.6 is 0 Å². The van der Waals surface area contributed by atoms with Crippen molar-refractivity contribution >= 4 is 0 Å². The van der Waals surface area contributed by atoms with Crippen LogP contribution in [0.1, 0.15) is 77.0 Å². The molecular weight excluding hydrogens is 254 g/mol. The van der Waals surface area contributed by atoms with Gasteiger partial charge >= 0.3 is 0 Å². The highest BCUT2D eigenvalue weighted by Gasteiger charge is 2.52. The van der Waals surface area contributed by atoms with Gasteiger partial charge in [0.05, 0.1) is 0 Å². The van der Waals surface area contributed by atoms with E-state index in [9.17, 15) is 0 Å². The summed E-state index contributed by atoms with van der Waals surface area (Å²) in [5.74, 6) is 4.46. The maximum atomic E-state index is 3.00. The van der Waals surface area contributed by atoms with E-state index < -0.39 is 0 Å². The second kappa shape index (κ2) is 4.98. The summed E-state index contributed by atoms with van der Waals surface area (Å²) in [5, 5.41) is 0. The molecule has 0 aromatic heterocycles. The summed E-state index contributed by atoms with van der Waals surface area (Å²) < 4.78 is 0. The van der Waals surface area contributed by atoms with Gasteiger partial charge in [-0.25, -0.2) is 0 Å². The fourth-order valence-corrected chi connectivity index (χ4v) is 7.79. The van der Waals surface area contributed by atoms with Gasteiger partial charge in [0, 0.05) is 12.6 Å². The predicted molar refractivity (Wildman–Crippen MR) is 87.2 cm³/mol. The minimum Gasteiger partial charge on any atom is -0.300 e. The van der Waals surface area contributed by atoms with Crippen molar-refractivity contribution in [3.8, 4) is 0 Å². The van der Waals surface area contributed by atoms with Crippen LogP contribution in [0.5, 0.6) is 0 Å². The molecule has 0 spiro atoms. The third-order valence-corrected chi connectivity index (χ3v) is 8.08. The Morgan fingerprint density at radius 2 is 1.43 bits per heavy atom. The molecule has 0 amide bonds. The van der Waals surface area contributed by atoms with Crippen LogP contribution in [-0.2, 0) is 0 Å². The number of hydrogen-bond acceptors (Lipinski definition) is 1. The molecule has 1 saturated heterocycles. The maximum absolute atomic E-state index is 3.00. The van der Waals surface area contributed by atoms with Gasteiger partial charge in [0.2, 0.25) is 0 Å². The first-order valence-electron chi connectivity index (χ1n) is 10.0. The highest BCUT2D eigenvalue weighted by molar-refractivity contribution is 5.04. The average molecular weight is 287 g/mol. The highest BCUT2D eigenvalue weighted by Crippen LogP contribution is 2.60. The van der Waals surface area contributed by atoms with Gasteiger partial charge in [-0.3, -0.25) is 4.90 Å². The molecule has 4 bridgehead atoms. The topological polar surface area (TPSA) is 3.24 Å². The molecule has 21 heavy (non-hydrogen) atoms. The van der Waals surface area contributed by atoms with Crippen LogP contribution < -0.4 is 0 Å². The molecule has 118 valence electrons. The van der Waals surface area contributed by atoms with Crippen molar-refractivity contribution in [1.29, 1.82) is 0 Å². The summed E-state index contributed by atoms with van der Waals surface area (Å²) in [6.07, 6.45) is 18.8. The van der Waals surface area contributed by atoms with Crippen molar-refractivity contribution in [3.63, 3.8) is 0 Å². The molecule has 6 aliphatic rings. The maximum Gasteiger partial charge on any atom is 0.0124 e. The van der Waals surface area contributed by atoms with Crippen molar-refractivity contribution in [2.75, 3.05) is 13.1 Å². The zero-order chi connectivity index (χ0) is 13.9. The molecule has 1 nitrogen and oxygen atoms in total. The lowest BCUT2D eigenvalue weighted by Crippen LogP contribution is -2.52. The smallest absolute Gasteiger partial charge is 0.0124 e. The van der Waals surface area contributed by atoms with Gasteiger partial charge < -0.3 is 0 Å². The third-order valence-electron chi connectivity index (χ3n) is 8.08. The Bertz CT molecular complexity index is 365. The Kier molecular flexibility index (Phi) is 3.18. The van der Waals surface area contributed by atoms with Gasteiger partial charge in [0.15, 0.2) is 0 Å². The molecule has 2 atom stereocenters. The highest BCUT2D eigenvalue weighted by atomic mass is 15.2. The van der Waals surface area contributed by atoms with E-state index in [4.69, 9.17) is 0 Å². The summed E-state index contributed by atoms with van der Waals surface area (Å²) in [7, 11) is 0. The second-order valence-electron chi connectivity index (χ2n) is 9.64. The first-order valence-corrected chi connectivity index (χ1v) is 10.0. The van der Waals surface area contributed by atoms with Crippen molar-refractivity contribution in [2.24, 2.45) is 29.1 Å². The number of nitrogens with zero attached hydrogens (tertiary/aromatic N) is 1. The molecule has 5 saturated carbocycles. The number of fused-ring (bicyclic) bond motifs is 1. The summed E-state index contributed by atoms with van der Waals surface area (Å²) in [6, 6.07) is 0.987. The summed E-state index contributed by atoms with van der Waals surface area (Å²) in [5.41, 5.74) is 0.774. The number of hydrogen-bond donors (Lipinski definition) is 0. The Labute approximate surface area is 130 Å². The van der Waals surface area contributed by atoms with Gasteiger partial charge in [-0.05, 0) is 93.4 Å². The first-order chi connectivity index (χ1) is 10.3. The van der Waals surface area contributed by atoms with Gasteiger partial charge in [0.25, 0.3) is 0 Å². The van der Waals surface area contributed by atoms with Crippen LogP contribution in [0.25, 0.3) is 0 Å². The summed E-state index contributed by atoms with van der Waals surface area (Å²) >= 11 is 0. The molecule has 1 aliphatic heterocycles. The van der Waals surface area contributed by atoms with Crippen LogP contribution in [-0.4, -0.2) is 24.0 Å². The van der Waals surface area contributed by atoms with Gasteiger partial charge in [0.1, 0.15) is 0 Å². The molecule has 1 heterocycles. The standard InChI is InChI=1S/C20H33N/c1-2-4-18-6-7-21(19(18)5-3-1)14-20-11-15-8-16(12-20)10-17(9-15)13-20/h15-19H,1-14H2/t15?,16?,17?,18-,19-,20?/m1/s1. The van der Waals surface area contributed by atoms with Crippen molar-refractivity contribution in [1.82, 2.24) is 4.90 Å². The van der Waals surface area contributed by atoms with Crippen molar-refractivity contribution < 1.29 is 0 Å². The molecule has 0 unspecified atom stereocenters. The van der Waals surface area contributed by atoms with Crippen LogP contribution in [0.15, 0.2) is 0 Å². The zero-order valence-corrected chi connectivity index (χ0v) is 13.7. The van der Waals surface area contributed by atoms with Crippen LogP contribution in [0.2, 0.25) is 0 Å². The van der Waals surface area contributed by atoms with E-state index in [1.54, 1.807) is 44.9 Å². The lowest BCUT2D eigenvalue weighted by molar-refractivity contribution is -0.0718. The Morgan fingerprint density at radius 1 is 0.762 bits per heavy atom. The largest absolute Gasteiger partial charge is 0.300 e. The molecule has 0 aromatic rings. The number of likely N-dealkylation sites (tertiary alicyclic amines) is 1. The van der Waals surface area contributed by atoms with Crippen LogP contribution in [0.3, 0.4) is 0 Å². The molecule has 1 heteroatoms. The summed E-state index contributed by atoms with van der Waals surface area (Å²) in [6.45, 7) is 2.94. The minimum atomic E-state index is 0.774. The van der Waals surface area contributed by atoms with Gasteiger partial charge in [-0.15, -0.1) is 0 Å². The fraction of sp³-hybridized carbons (Fsp3) is 1.00. The van der Waals surface area contributed by atoms with E-state index in [2.05, 4.69) is 4.90 Å². The molecule has 5 aliphatic carbocycles. The molecule has 6 fully saturated rings. The number of rotatable bonds is 2. The lowest BCUT2D eigenvalue weighted by Gasteiger charge is -2.58. The van der Waals surface area contributed by atoms with Crippen molar-refractivity contribution in [2.45, 2.75) is 83.1 Å². The van der Waals surface area contributed by atoms with E-state index in [1.165, 1.54) is 45.2 Å². The first kappa shape index (κ1) is 13.4. The summed E-state index contributed by atoms with van der Waals surface area (Å²) in [4.78, 5) is 3.00. The fourth-order valence-electron chi connectivity index (χ4n) is 7.79. The van der Waals surface area contributed by atoms with Crippen LogP contribution in [0, 0.1) is 29.1 Å². The molecule has 0 aromatic carbocycles. The van der Waals surface area contributed by atoms with Gasteiger partial charge in [-0.2, -0.15) is 0 Å². The SMILES string of the molecule is C1CC[C@@H]2CCN(CC34CC5CC(CC(C5)C3)C4)[C@@H]2CC1. The van der Waals surface area contributed by atoms with Gasteiger partial charge in [-0.1, -0.05) is 19.3 Å². The monoisotopic (exact) mass is 287 g/mol. The predicted octanol–water partition coefficient (Wildman–Crippen LogP) is 4.86. The Morgan fingerprint density at radius 3 is 2.14 bits per heavy atom. The molecule has 6 rings (SSSR count). The molecule has 0 N–H and O–H groups in total. The third kappa shape index (κ3) is 2.30. The van der Waals surface area contributed by atoms with E-state index in [1.807, 2.05) is 0 Å².